The lowest BCUT2D eigenvalue weighted by Gasteiger charge is -2.29. The van der Waals surface area contributed by atoms with Crippen LogP contribution in [0.2, 0.25) is 5.02 Å². The largest absolute Gasteiger partial charge is 0.495 e. The van der Waals surface area contributed by atoms with E-state index in [0.717, 1.165) is 25.7 Å². The molecular formula is C14H19ClN2O3S. The van der Waals surface area contributed by atoms with Crippen molar-refractivity contribution in [3.63, 3.8) is 0 Å². The molecule has 5 nitrogen and oxygen atoms in total. The number of nitrogens with one attached hydrogen (secondary N) is 2. The Kier molecular flexibility index (Phi) is 4.14. The molecule has 0 aromatic heterocycles. The fraction of sp³-hybridized carbons (Fsp3) is 0.571. The average molecular weight is 331 g/mol. The summed E-state index contributed by atoms with van der Waals surface area (Å²) in [7, 11) is -2.05. The van der Waals surface area contributed by atoms with Crippen molar-refractivity contribution in [2.45, 2.75) is 48.7 Å². The van der Waals surface area contributed by atoms with E-state index in [1.54, 1.807) is 6.07 Å². The van der Waals surface area contributed by atoms with E-state index in [9.17, 15) is 8.42 Å². The van der Waals surface area contributed by atoms with E-state index in [4.69, 9.17) is 16.3 Å². The molecule has 2 aliphatic rings. The van der Waals surface area contributed by atoms with Crippen molar-refractivity contribution in [1.82, 2.24) is 10.0 Å². The van der Waals surface area contributed by atoms with Gasteiger partial charge in [0.1, 0.15) is 5.75 Å². The van der Waals surface area contributed by atoms with E-state index in [1.807, 2.05) is 0 Å². The van der Waals surface area contributed by atoms with Crippen molar-refractivity contribution in [3.05, 3.63) is 23.2 Å². The van der Waals surface area contributed by atoms with Crippen LogP contribution in [0.4, 0.5) is 0 Å². The van der Waals surface area contributed by atoms with E-state index < -0.39 is 10.0 Å². The van der Waals surface area contributed by atoms with Gasteiger partial charge in [0.2, 0.25) is 10.0 Å². The molecular weight excluding hydrogens is 312 g/mol. The monoisotopic (exact) mass is 330 g/mol. The van der Waals surface area contributed by atoms with Crippen molar-refractivity contribution in [2.24, 2.45) is 0 Å². The molecule has 2 atom stereocenters. The second-order valence-electron chi connectivity index (χ2n) is 5.72. The van der Waals surface area contributed by atoms with Gasteiger partial charge in [-0.3, -0.25) is 0 Å². The number of halogens is 1. The van der Waals surface area contributed by atoms with Gasteiger partial charge in [-0.2, -0.15) is 0 Å². The maximum atomic E-state index is 12.5. The Labute approximate surface area is 130 Å². The SMILES string of the molecule is COc1ccc(S(=O)(=O)NC2CC3CCC(C2)N3)cc1Cl. The first-order valence-corrected chi connectivity index (χ1v) is 8.96. The number of hydrogen-bond donors (Lipinski definition) is 2. The second kappa shape index (κ2) is 5.76. The minimum absolute atomic E-state index is 0.00497. The first-order chi connectivity index (χ1) is 9.98. The molecule has 2 bridgehead atoms. The number of piperidine rings is 1. The van der Waals surface area contributed by atoms with Gasteiger partial charge in [0.25, 0.3) is 0 Å². The lowest BCUT2D eigenvalue weighted by Crippen LogP contribution is -2.47. The van der Waals surface area contributed by atoms with Gasteiger partial charge in [-0.15, -0.1) is 0 Å². The standard InChI is InChI=1S/C14H19ClN2O3S/c1-20-14-5-4-12(8-13(14)15)21(18,19)17-11-6-9-2-3-10(7-11)16-9/h4-5,8-11,16-17H,2-3,6-7H2,1H3. The van der Waals surface area contributed by atoms with Crippen molar-refractivity contribution in [3.8, 4) is 5.75 Å². The zero-order chi connectivity index (χ0) is 15.0. The molecule has 116 valence electrons. The third-order valence-corrected chi connectivity index (χ3v) is 6.04. The Balaban J connectivity index is 1.76. The van der Waals surface area contributed by atoms with Gasteiger partial charge in [0, 0.05) is 18.1 Å². The smallest absolute Gasteiger partial charge is 0.240 e. The van der Waals surface area contributed by atoms with Gasteiger partial charge in [0.05, 0.1) is 17.0 Å². The highest BCUT2D eigenvalue weighted by Crippen LogP contribution is 2.29. The number of ether oxygens (including phenoxy) is 1. The van der Waals surface area contributed by atoms with Crippen molar-refractivity contribution >= 4 is 21.6 Å². The van der Waals surface area contributed by atoms with Gasteiger partial charge in [0.15, 0.2) is 0 Å². The van der Waals surface area contributed by atoms with Gasteiger partial charge in [-0.25, -0.2) is 13.1 Å². The maximum Gasteiger partial charge on any atom is 0.240 e. The summed E-state index contributed by atoms with van der Waals surface area (Å²) in [5.74, 6) is 0.468. The number of hydrogen-bond acceptors (Lipinski definition) is 4. The Morgan fingerprint density at radius 3 is 2.52 bits per heavy atom. The third kappa shape index (κ3) is 3.18. The van der Waals surface area contributed by atoms with Crippen molar-refractivity contribution < 1.29 is 13.2 Å². The molecule has 2 aliphatic heterocycles. The maximum absolute atomic E-state index is 12.5. The van der Waals surface area contributed by atoms with Crippen molar-refractivity contribution in [1.29, 1.82) is 0 Å². The van der Waals surface area contributed by atoms with Crippen LogP contribution < -0.4 is 14.8 Å². The van der Waals surface area contributed by atoms with E-state index in [1.165, 1.54) is 19.2 Å². The van der Waals surface area contributed by atoms with Crippen LogP contribution in [0.1, 0.15) is 25.7 Å². The summed E-state index contributed by atoms with van der Waals surface area (Å²) in [5, 5.41) is 3.79. The Morgan fingerprint density at radius 2 is 1.95 bits per heavy atom. The summed E-state index contributed by atoms with van der Waals surface area (Å²) in [6.07, 6.45) is 3.97. The molecule has 0 saturated carbocycles. The molecule has 1 aromatic rings. The molecule has 2 N–H and O–H groups in total. The minimum Gasteiger partial charge on any atom is -0.495 e. The van der Waals surface area contributed by atoms with Crippen LogP contribution in [-0.2, 0) is 10.0 Å². The van der Waals surface area contributed by atoms with Crippen LogP contribution in [0.25, 0.3) is 0 Å². The number of methoxy groups -OCH3 is 1. The molecule has 2 saturated heterocycles. The number of sulfonamides is 1. The summed E-state index contributed by atoms with van der Waals surface area (Å²) < 4.78 is 32.8. The third-order valence-electron chi connectivity index (χ3n) is 4.23. The Hall–Kier alpha value is -0.820. The quantitative estimate of drug-likeness (QED) is 0.885. The van der Waals surface area contributed by atoms with Crippen LogP contribution in [0.5, 0.6) is 5.75 Å². The molecule has 0 amide bonds. The topological polar surface area (TPSA) is 67.4 Å². The van der Waals surface area contributed by atoms with Gasteiger partial charge >= 0.3 is 0 Å². The van der Waals surface area contributed by atoms with E-state index in [-0.39, 0.29) is 10.9 Å². The van der Waals surface area contributed by atoms with E-state index in [2.05, 4.69) is 10.0 Å². The average Bonchev–Trinajstić information content (AvgIpc) is 2.77. The Morgan fingerprint density at radius 1 is 1.29 bits per heavy atom. The highest BCUT2D eigenvalue weighted by atomic mass is 35.5. The number of benzene rings is 1. The van der Waals surface area contributed by atoms with Crippen LogP contribution in [0.15, 0.2) is 23.1 Å². The summed E-state index contributed by atoms with van der Waals surface area (Å²) >= 11 is 6.01. The molecule has 2 unspecified atom stereocenters. The lowest BCUT2D eigenvalue weighted by atomic mass is 10.0. The predicted molar refractivity (Wildman–Crippen MR) is 81.3 cm³/mol. The molecule has 2 heterocycles. The number of rotatable bonds is 4. The molecule has 0 spiro atoms. The fourth-order valence-corrected chi connectivity index (χ4v) is 4.87. The van der Waals surface area contributed by atoms with Crippen LogP contribution in [-0.4, -0.2) is 33.7 Å². The normalized spacial score (nSPS) is 28.6. The Bertz CT molecular complexity index is 623. The zero-order valence-electron chi connectivity index (χ0n) is 11.8. The molecule has 1 aromatic carbocycles. The fourth-order valence-electron chi connectivity index (χ4n) is 3.26. The minimum atomic E-state index is -3.54. The molecule has 2 fully saturated rings. The number of fused-ring (bicyclic) bond motifs is 2. The lowest BCUT2D eigenvalue weighted by molar-refractivity contribution is 0.345. The second-order valence-corrected chi connectivity index (χ2v) is 7.85. The first kappa shape index (κ1) is 15.1. The van der Waals surface area contributed by atoms with Crippen LogP contribution >= 0.6 is 11.6 Å². The summed E-state index contributed by atoms with van der Waals surface area (Å²) in [4.78, 5) is 0.180. The van der Waals surface area contributed by atoms with E-state index in [0.29, 0.717) is 22.9 Å². The van der Waals surface area contributed by atoms with Crippen molar-refractivity contribution in [2.75, 3.05) is 7.11 Å². The highest BCUT2D eigenvalue weighted by Gasteiger charge is 2.35. The van der Waals surface area contributed by atoms with Gasteiger partial charge in [-0.1, -0.05) is 11.6 Å². The van der Waals surface area contributed by atoms with Crippen LogP contribution in [0, 0.1) is 0 Å². The van der Waals surface area contributed by atoms with Gasteiger partial charge < -0.3 is 10.1 Å². The van der Waals surface area contributed by atoms with Crippen LogP contribution in [0.3, 0.4) is 0 Å². The zero-order valence-corrected chi connectivity index (χ0v) is 13.4. The van der Waals surface area contributed by atoms with Gasteiger partial charge in [-0.05, 0) is 43.9 Å². The molecule has 0 radical (unpaired) electrons. The molecule has 3 rings (SSSR count). The molecule has 7 heteroatoms. The molecule has 0 aliphatic carbocycles. The van der Waals surface area contributed by atoms with E-state index >= 15 is 0 Å². The summed E-state index contributed by atoms with van der Waals surface area (Å²) in [6, 6.07) is 5.39. The molecule has 21 heavy (non-hydrogen) atoms. The first-order valence-electron chi connectivity index (χ1n) is 7.10. The summed E-state index contributed by atoms with van der Waals surface area (Å²) in [6.45, 7) is 0. The predicted octanol–water partition coefficient (Wildman–Crippen LogP) is 1.91. The summed E-state index contributed by atoms with van der Waals surface area (Å²) in [5.41, 5.74) is 0. The highest BCUT2D eigenvalue weighted by molar-refractivity contribution is 7.89.